The molecule has 0 saturated carbocycles. The number of carbonyl (C=O) groups excluding carboxylic acids is 2. The molecule has 0 unspecified atom stereocenters. The van der Waals surface area contributed by atoms with Gasteiger partial charge in [-0.2, -0.15) is 23.1 Å². The number of nitrogens with one attached hydrogen (secondary N) is 1. The topological polar surface area (TPSA) is 96.9 Å². The van der Waals surface area contributed by atoms with E-state index in [1.807, 2.05) is 45.9 Å². The van der Waals surface area contributed by atoms with Gasteiger partial charge >= 0.3 is 6.18 Å². The Hall–Kier alpha value is -4.97. The van der Waals surface area contributed by atoms with Crippen LogP contribution >= 0.6 is 0 Å². The zero-order valence-corrected chi connectivity index (χ0v) is 29.4. The van der Waals surface area contributed by atoms with Crippen molar-refractivity contribution < 1.29 is 32.2 Å². The third kappa shape index (κ3) is 9.43. The summed E-state index contributed by atoms with van der Waals surface area (Å²) in [5, 5.41) is 2.98. The number of halogens is 3. The standard InChI is InChI=1S/C39H44F3N5O4/c1-5-50-37-35(38(51-6-2)44-25-43-37)47(34(48)22-26(3)4)20-9-19-46-21-18-28-23-31(17-14-29(28)24-46)45-36(49)33-11-8-7-10-32(33)27-12-15-30(16-13-27)39(40,41)42/h7-8,10-17,23,25-26H,5-6,9,18-22,24H2,1-4H3,(H,45,49). The van der Waals surface area contributed by atoms with Crippen LogP contribution in [-0.4, -0.2) is 59.5 Å². The molecule has 2 heterocycles. The number of anilines is 2. The number of nitrogens with zero attached hydrogens (tertiary/aromatic N) is 4. The van der Waals surface area contributed by atoms with E-state index in [1.165, 1.54) is 18.5 Å². The molecule has 0 bridgehead atoms. The van der Waals surface area contributed by atoms with Gasteiger partial charge in [0.15, 0.2) is 5.69 Å². The number of carbonyl (C=O) groups is 2. The van der Waals surface area contributed by atoms with Gasteiger partial charge in [-0.15, -0.1) is 0 Å². The molecule has 0 radical (unpaired) electrons. The number of fused-ring (bicyclic) bond motifs is 1. The van der Waals surface area contributed by atoms with Crippen LogP contribution in [-0.2, 0) is 23.9 Å². The second-order valence-electron chi connectivity index (χ2n) is 12.8. The maximum absolute atomic E-state index is 13.5. The van der Waals surface area contributed by atoms with Crippen LogP contribution in [0.25, 0.3) is 11.1 Å². The lowest BCUT2D eigenvalue weighted by Gasteiger charge is -2.31. The molecule has 0 aliphatic carbocycles. The Morgan fingerprint density at radius 2 is 1.63 bits per heavy atom. The molecule has 3 aromatic carbocycles. The molecule has 1 aromatic heterocycles. The molecule has 5 rings (SSSR count). The highest BCUT2D eigenvalue weighted by molar-refractivity contribution is 6.08. The third-order valence-electron chi connectivity index (χ3n) is 8.58. The van der Waals surface area contributed by atoms with E-state index in [4.69, 9.17) is 9.47 Å². The van der Waals surface area contributed by atoms with Crippen LogP contribution in [0.15, 0.2) is 73.1 Å². The fourth-order valence-electron chi connectivity index (χ4n) is 6.19. The average Bonchev–Trinajstić information content (AvgIpc) is 3.10. The first-order chi connectivity index (χ1) is 24.5. The van der Waals surface area contributed by atoms with E-state index in [2.05, 4.69) is 20.2 Å². The van der Waals surface area contributed by atoms with Crippen LogP contribution < -0.4 is 19.7 Å². The molecule has 0 fully saturated rings. The van der Waals surface area contributed by atoms with Gasteiger partial charge in [-0.05, 0) is 85.2 Å². The Morgan fingerprint density at radius 3 is 2.27 bits per heavy atom. The van der Waals surface area contributed by atoms with Crippen molar-refractivity contribution in [2.75, 3.05) is 43.1 Å². The van der Waals surface area contributed by atoms with E-state index in [9.17, 15) is 22.8 Å². The fourth-order valence-corrected chi connectivity index (χ4v) is 6.19. The van der Waals surface area contributed by atoms with Gasteiger partial charge in [-0.1, -0.05) is 50.2 Å². The fraction of sp³-hybridized carbons (Fsp3) is 0.385. The monoisotopic (exact) mass is 703 g/mol. The minimum Gasteiger partial charge on any atom is -0.476 e. The Labute approximate surface area is 296 Å². The minimum atomic E-state index is -4.44. The maximum Gasteiger partial charge on any atom is 0.416 e. The summed E-state index contributed by atoms with van der Waals surface area (Å²) < 4.78 is 50.9. The number of ether oxygens (including phenoxy) is 2. The average molecular weight is 704 g/mol. The van der Waals surface area contributed by atoms with Gasteiger partial charge in [-0.3, -0.25) is 14.5 Å². The largest absolute Gasteiger partial charge is 0.476 e. The molecule has 12 heteroatoms. The van der Waals surface area contributed by atoms with Crippen molar-refractivity contribution in [2.45, 2.75) is 59.7 Å². The lowest BCUT2D eigenvalue weighted by atomic mass is 9.97. The zero-order valence-electron chi connectivity index (χ0n) is 29.4. The van der Waals surface area contributed by atoms with Gasteiger partial charge < -0.3 is 19.7 Å². The van der Waals surface area contributed by atoms with Gasteiger partial charge in [0.1, 0.15) is 6.33 Å². The molecule has 0 spiro atoms. The lowest BCUT2D eigenvalue weighted by molar-refractivity contribution is -0.137. The number of hydrogen-bond donors (Lipinski definition) is 1. The number of alkyl halides is 3. The van der Waals surface area contributed by atoms with Crippen LogP contribution in [0.4, 0.5) is 24.5 Å². The second-order valence-corrected chi connectivity index (χ2v) is 12.8. The van der Waals surface area contributed by atoms with Gasteiger partial charge in [0, 0.05) is 43.9 Å². The van der Waals surface area contributed by atoms with Gasteiger partial charge in [-0.25, -0.2) is 0 Å². The predicted octanol–water partition coefficient (Wildman–Crippen LogP) is 8.04. The Balaban J connectivity index is 1.24. The highest BCUT2D eigenvalue weighted by Gasteiger charge is 2.30. The van der Waals surface area contributed by atoms with Crippen molar-refractivity contribution in [3.05, 3.63) is 95.3 Å². The summed E-state index contributed by atoms with van der Waals surface area (Å²) in [6.07, 6.45) is -1.20. The molecule has 51 heavy (non-hydrogen) atoms. The molecule has 270 valence electrons. The van der Waals surface area contributed by atoms with E-state index in [0.29, 0.717) is 72.4 Å². The van der Waals surface area contributed by atoms with Gasteiger partial charge in [0.25, 0.3) is 5.91 Å². The second kappa shape index (κ2) is 16.8. The number of aromatic nitrogens is 2. The molecule has 1 N–H and O–H groups in total. The van der Waals surface area contributed by atoms with Crippen molar-refractivity contribution in [1.82, 2.24) is 14.9 Å². The highest BCUT2D eigenvalue weighted by atomic mass is 19.4. The molecular weight excluding hydrogens is 659 g/mol. The Kier molecular flexibility index (Phi) is 12.3. The van der Waals surface area contributed by atoms with Crippen LogP contribution in [0.5, 0.6) is 11.8 Å². The summed E-state index contributed by atoms with van der Waals surface area (Å²) in [7, 11) is 0. The van der Waals surface area contributed by atoms with Gasteiger partial charge in [0.2, 0.25) is 17.7 Å². The quantitative estimate of drug-likeness (QED) is 0.142. The van der Waals surface area contributed by atoms with E-state index in [0.717, 1.165) is 49.3 Å². The summed E-state index contributed by atoms with van der Waals surface area (Å²) in [6.45, 7) is 11.3. The number of amides is 2. The summed E-state index contributed by atoms with van der Waals surface area (Å²) in [4.78, 5) is 39.6. The SMILES string of the molecule is CCOc1ncnc(OCC)c1N(CCCN1CCc2cc(NC(=O)c3ccccc3-c3ccc(C(F)(F)F)cc3)ccc2C1)C(=O)CC(C)C. The molecule has 0 atom stereocenters. The predicted molar refractivity (Wildman–Crippen MR) is 191 cm³/mol. The summed E-state index contributed by atoms with van der Waals surface area (Å²) in [5.74, 6) is 0.431. The van der Waals surface area contributed by atoms with Crippen LogP contribution in [0.2, 0.25) is 0 Å². The van der Waals surface area contributed by atoms with Crippen LogP contribution in [0, 0.1) is 5.92 Å². The molecule has 2 amide bonds. The maximum atomic E-state index is 13.5. The molecule has 1 aliphatic heterocycles. The van der Waals surface area contributed by atoms with Crippen LogP contribution in [0.3, 0.4) is 0 Å². The highest BCUT2D eigenvalue weighted by Crippen LogP contribution is 2.36. The molecule has 9 nitrogen and oxygen atoms in total. The molecule has 1 aliphatic rings. The molecule has 0 saturated heterocycles. The van der Waals surface area contributed by atoms with Crippen molar-refractivity contribution in [2.24, 2.45) is 5.92 Å². The van der Waals surface area contributed by atoms with Crippen molar-refractivity contribution >= 4 is 23.2 Å². The molecular formula is C39H44F3N5O4. The van der Waals surface area contributed by atoms with E-state index in [-0.39, 0.29) is 17.7 Å². The summed E-state index contributed by atoms with van der Waals surface area (Å²) in [5.41, 5.74) is 4.10. The first-order valence-corrected chi connectivity index (χ1v) is 17.3. The normalized spacial score (nSPS) is 13.1. The first kappa shape index (κ1) is 37.3. The zero-order chi connectivity index (χ0) is 36.5. The smallest absolute Gasteiger partial charge is 0.416 e. The minimum absolute atomic E-state index is 0.0396. The summed E-state index contributed by atoms with van der Waals surface area (Å²) >= 11 is 0. The lowest BCUT2D eigenvalue weighted by Crippen LogP contribution is -2.37. The van der Waals surface area contributed by atoms with E-state index in [1.54, 1.807) is 29.2 Å². The van der Waals surface area contributed by atoms with E-state index < -0.39 is 11.7 Å². The third-order valence-corrected chi connectivity index (χ3v) is 8.58. The van der Waals surface area contributed by atoms with Crippen molar-refractivity contribution in [3.8, 4) is 22.9 Å². The first-order valence-electron chi connectivity index (χ1n) is 17.3. The van der Waals surface area contributed by atoms with E-state index >= 15 is 0 Å². The van der Waals surface area contributed by atoms with Crippen molar-refractivity contribution in [3.63, 3.8) is 0 Å². The summed E-state index contributed by atoms with van der Waals surface area (Å²) in [6, 6.07) is 17.5. The van der Waals surface area contributed by atoms with Crippen LogP contribution in [0.1, 0.15) is 67.6 Å². The Morgan fingerprint density at radius 1 is 0.941 bits per heavy atom. The van der Waals surface area contributed by atoms with Gasteiger partial charge in [0.05, 0.1) is 18.8 Å². The number of benzene rings is 3. The van der Waals surface area contributed by atoms with Crippen molar-refractivity contribution in [1.29, 1.82) is 0 Å². The number of hydrogen-bond acceptors (Lipinski definition) is 7. The Bertz CT molecular complexity index is 1790. The number of rotatable bonds is 14. The molecule has 4 aromatic rings.